The quantitative estimate of drug-likeness (QED) is 0.484. The van der Waals surface area contributed by atoms with Crippen molar-refractivity contribution in [2.45, 2.75) is 13.3 Å². The number of amidine groups is 1. The van der Waals surface area contributed by atoms with E-state index >= 15 is 0 Å². The zero-order chi connectivity index (χ0) is 9.14. The fourth-order valence-electron chi connectivity index (χ4n) is 1.01. The van der Waals surface area contributed by atoms with Crippen LogP contribution in [0.2, 0.25) is 0 Å². The molecule has 0 radical (unpaired) electrons. The Morgan fingerprint density at radius 2 is 2.25 bits per heavy atom. The van der Waals surface area contributed by atoms with Gasteiger partial charge in [-0.3, -0.25) is 5.41 Å². The molecule has 0 fully saturated rings. The van der Waals surface area contributed by atoms with E-state index < -0.39 is 0 Å². The lowest BCUT2D eigenvalue weighted by Gasteiger charge is -2.03. The van der Waals surface area contributed by atoms with Gasteiger partial charge in [-0.05, 0) is 46.7 Å². The molecule has 0 aromatic heterocycles. The summed E-state index contributed by atoms with van der Waals surface area (Å²) >= 11 is 2.29. The van der Waals surface area contributed by atoms with Crippen molar-refractivity contribution in [2.24, 2.45) is 5.73 Å². The zero-order valence-corrected chi connectivity index (χ0v) is 9.05. The van der Waals surface area contributed by atoms with E-state index in [4.69, 9.17) is 11.1 Å². The molecule has 0 bridgehead atoms. The lowest BCUT2D eigenvalue weighted by molar-refractivity contribution is 1.12. The van der Waals surface area contributed by atoms with Crippen LogP contribution in [-0.4, -0.2) is 5.84 Å². The third kappa shape index (κ3) is 1.97. The van der Waals surface area contributed by atoms with Crippen LogP contribution in [0.5, 0.6) is 0 Å². The van der Waals surface area contributed by atoms with E-state index in [9.17, 15) is 0 Å². The molecule has 0 saturated carbocycles. The van der Waals surface area contributed by atoms with Crippen molar-refractivity contribution in [1.29, 1.82) is 5.41 Å². The number of nitrogens with one attached hydrogen (secondary N) is 1. The summed E-state index contributed by atoms with van der Waals surface area (Å²) in [5.41, 5.74) is 7.43. The number of nitrogen functional groups attached to an aromatic ring is 1. The number of hydrogen-bond acceptors (Lipinski definition) is 1. The summed E-state index contributed by atoms with van der Waals surface area (Å²) in [5.74, 6) is 0.140. The Labute approximate surface area is 85.8 Å². The van der Waals surface area contributed by atoms with Crippen molar-refractivity contribution in [3.63, 3.8) is 0 Å². The SMILES string of the molecule is CCc1cc(C(=N)N)ccc1I. The van der Waals surface area contributed by atoms with Crippen molar-refractivity contribution < 1.29 is 0 Å². The summed E-state index contributed by atoms with van der Waals surface area (Å²) in [6.45, 7) is 2.10. The second kappa shape index (κ2) is 3.89. The van der Waals surface area contributed by atoms with Crippen molar-refractivity contribution in [1.82, 2.24) is 0 Å². The maximum atomic E-state index is 7.25. The summed E-state index contributed by atoms with van der Waals surface area (Å²) in [7, 11) is 0. The van der Waals surface area contributed by atoms with Gasteiger partial charge < -0.3 is 5.73 Å². The molecule has 1 rings (SSSR count). The van der Waals surface area contributed by atoms with Crippen molar-refractivity contribution in [3.8, 4) is 0 Å². The molecule has 0 unspecified atom stereocenters. The predicted molar refractivity (Wildman–Crippen MR) is 59.6 cm³/mol. The summed E-state index contributed by atoms with van der Waals surface area (Å²) in [4.78, 5) is 0. The monoisotopic (exact) mass is 274 g/mol. The van der Waals surface area contributed by atoms with Crippen LogP contribution >= 0.6 is 22.6 Å². The maximum absolute atomic E-state index is 7.25. The molecule has 3 N–H and O–H groups in total. The smallest absolute Gasteiger partial charge is 0.122 e. The lowest BCUT2D eigenvalue weighted by atomic mass is 10.1. The standard InChI is InChI=1S/C9H11IN2/c1-2-6-5-7(9(11)12)3-4-8(6)10/h3-5H,2H2,1H3,(H3,11,12). The molecule has 0 saturated heterocycles. The maximum Gasteiger partial charge on any atom is 0.122 e. The van der Waals surface area contributed by atoms with E-state index in [0.717, 1.165) is 12.0 Å². The molecule has 0 aliphatic heterocycles. The van der Waals surface area contributed by atoms with Crippen LogP contribution in [0.1, 0.15) is 18.1 Å². The van der Waals surface area contributed by atoms with Crippen LogP contribution in [0.15, 0.2) is 18.2 Å². The molecule has 0 aliphatic carbocycles. The van der Waals surface area contributed by atoms with Gasteiger partial charge in [-0.2, -0.15) is 0 Å². The highest BCUT2D eigenvalue weighted by atomic mass is 127. The van der Waals surface area contributed by atoms with Crippen molar-refractivity contribution in [3.05, 3.63) is 32.9 Å². The van der Waals surface area contributed by atoms with E-state index in [2.05, 4.69) is 29.5 Å². The van der Waals surface area contributed by atoms with Crippen LogP contribution in [0.4, 0.5) is 0 Å². The highest BCUT2D eigenvalue weighted by Gasteiger charge is 2.00. The number of nitrogens with two attached hydrogens (primary N) is 1. The van der Waals surface area contributed by atoms with Gasteiger partial charge in [-0.1, -0.05) is 13.0 Å². The molecule has 0 atom stereocenters. The highest BCUT2D eigenvalue weighted by Crippen LogP contribution is 2.14. The van der Waals surface area contributed by atoms with E-state index in [1.54, 1.807) is 0 Å². The fraction of sp³-hybridized carbons (Fsp3) is 0.222. The molecule has 12 heavy (non-hydrogen) atoms. The molecule has 3 heteroatoms. The summed E-state index contributed by atoms with van der Waals surface area (Å²) in [5, 5.41) is 7.25. The molecule has 0 heterocycles. The molecule has 0 spiro atoms. The first-order valence-electron chi connectivity index (χ1n) is 3.78. The average Bonchev–Trinajstić information content (AvgIpc) is 2.05. The predicted octanol–water partition coefficient (Wildman–Crippen LogP) is 2.14. The van der Waals surface area contributed by atoms with Crippen LogP contribution in [0.3, 0.4) is 0 Å². The molecule has 1 aromatic rings. The van der Waals surface area contributed by atoms with Crippen molar-refractivity contribution in [2.75, 3.05) is 0 Å². The first kappa shape index (κ1) is 9.51. The van der Waals surface area contributed by atoms with E-state index in [0.29, 0.717) is 0 Å². The molecule has 0 aliphatic rings. The molecule has 0 amide bonds. The molecule has 2 nitrogen and oxygen atoms in total. The number of benzene rings is 1. The fourth-order valence-corrected chi connectivity index (χ4v) is 1.73. The van der Waals surface area contributed by atoms with Crippen LogP contribution in [0.25, 0.3) is 0 Å². The van der Waals surface area contributed by atoms with Gasteiger partial charge in [0.1, 0.15) is 5.84 Å². The van der Waals surface area contributed by atoms with Gasteiger partial charge in [0.25, 0.3) is 0 Å². The van der Waals surface area contributed by atoms with Gasteiger partial charge in [-0.15, -0.1) is 0 Å². The first-order valence-corrected chi connectivity index (χ1v) is 4.86. The minimum atomic E-state index is 0.140. The second-order valence-electron chi connectivity index (χ2n) is 2.57. The normalized spacial score (nSPS) is 9.83. The van der Waals surface area contributed by atoms with E-state index in [1.807, 2.05) is 18.2 Å². The Morgan fingerprint density at radius 1 is 1.58 bits per heavy atom. The van der Waals surface area contributed by atoms with Crippen LogP contribution in [-0.2, 0) is 6.42 Å². The van der Waals surface area contributed by atoms with Crippen LogP contribution in [0, 0.1) is 8.98 Å². The van der Waals surface area contributed by atoms with Crippen LogP contribution < -0.4 is 5.73 Å². The Morgan fingerprint density at radius 3 is 2.75 bits per heavy atom. The third-order valence-corrected chi connectivity index (χ3v) is 2.79. The Hall–Kier alpha value is -0.580. The molecular formula is C9H11IN2. The largest absolute Gasteiger partial charge is 0.384 e. The van der Waals surface area contributed by atoms with Crippen molar-refractivity contribution >= 4 is 28.4 Å². The number of aryl methyl sites for hydroxylation is 1. The third-order valence-electron chi connectivity index (χ3n) is 1.74. The van der Waals surface area contributed by atoms with Gasteiger partial charge >= 0.3 is 0 Å². The van der Waals surface area contributed by atoms with Gasteiger partial charge in [0.2, 0.25) is 0 Å². The van der Waals surface area contributed by atoms with E-state index in [1.165, 1.54) is 9.13 Å². The topological polar surface area (TPSA) is 49.9 Å². The minimum Gasteiger partial charge on any atom is -0.384 e. The van der Waals surface area contributed by atoms with Gasteiger partial charge in [0, 0.05) is 9.13 Å². The molecular weight excluding hydrogens is 263 g/mol. The Kier molecular flexibility index (Phi) is 3.08. The van der Waals surface area contributed by atoms with E-state index in [-0.39, 0.29) is 5.84 Å². The zero-order valence-electron chi connectivity index (χ0n) is 6.89. The Bertz CT molecular complexity index is 307. The lowest BCUT2D eigenvalue weighted by Crippen LogP contribution is -2.11. The number of rotatable bonds is 2. The summed E-state index contributed by atoms with van der Waals surface area (Å²) in [6.07, 6.45) is 0.986. The van der Waals surface area contributed by atoms with Gasteiger partial charge in [-0.25, -0.2) is 0 Å². The minimum absolute atomic E-state index is 0.140. The highest BCUT2D eigenvalue weighted by molar-refractivity contribution is 14.1. The van der Waals surface area contributed by atoms with Gasteiger partial charge in [0.05, 0.1) is 0 Å². The molecule has 64 valence electrons. The molecule has 1 aromatic carbocycles. The average molecular weight is 274 g/mol. The second-order valence-corrected chi connectivity index (χ2v) is 3.74. The van der Waals surface area contributed by atoms with Gasteiger partial charge in [0.15, 0.2) is 0 Å². The summed E-state index contributed by atoms with van der Waals surface area (Å²) in [6, 6.07) is 5.85. The summed E-state index contributed by atoms with van der Waals surface area (Å²) < 4.78 is 1.24. The first-order chi connectivity index (χ1) is 5.65. The number of halogens is 1. The Balaban J connectivity index is 3.13. The number of hydrogen-bond donors (Lipinski definition) is 2.